The predicted octanol–water partition coefficient (Wildman–Crippen LogP) is 4.69. The monoisotopic (exact) mass is 382 g/mol. The number of anilines is 1. The largest absolute Gasteiger partial charge is 0.351 e. The van der Waals surface area contributed by atoms with E-state index in [9.17, 15) is 14.0 Å². The normalized spacial score (nSPS) is 15.2. The number of nitrogens with one attached hydrogen (secondary N) is 2. The van der Waals surface area contributed by atoms with Crippen molar-refractivity contribution < 1.29 is 14.0 Å². The lowest BCUT2D eigenvalue weighted by Gasteiger charge is -2.28. The van der Waals surface area contributed by atoms with E-state index in [2.05, 4.69) is 10.6 Å². The summed E-state index contributed by atoms with van der Waals surface area (Å²) in [7, 11) is 0. The Kier molecular flexibility index (Phi) is 6.45. The van der Waals surface area contributed by atoms with E-state index in [0.717, 1.165) is 48.9 Å². The Bertz CT molecular complexity index is 827. The third kappa shape index (κ3) is 4.58. The zero-order valence-electron chi connectivity index (χ0n) is 16.3. The molecule has 2 aromatic carbocycles. The highest BCUT2D eigenvalue weighted by atomic mass is 19.1. The molecule has 1 aliphatic rings. The lowest BCUT2D eigenvalue weighted by atomic mass is 9.78. The summed E-state index contributed by atoms with van der Waals surface area (Å²) >= 11 is 0. The maximum Gasteiger partial charge on any atom is 0.230 e. The second kappa shape index (κ2) is 9.00. The van der Waals surface area contributed by atoms with Gasteiger partial charge in [0.1, 0.15) is 5.82 Å². The number of amides is 2. The van der Waals surface area contributed by atoms with Gasteiger partial charge in [0.15, 0.2) is 0 Å². The molecular formula is C23H27FN2O2. The van der Waals surface area contributed by atoms with Crippen molar-refractivity contribution in [1.29, 1.82) is 0 Å². The van der Waals surface area contributed by atoms with Crippen LogP contribution in [0.5, 0.6) is 0 Å². The van der Waals surface area contributed by atoms with Crippen LogP contribution in [-0.2, 0) is 21.5 Å². The highest BCUT2D eigenvalue weighted by Crippen LogP contribution is 2.41. The van der Waals surface area contributed by atoms with Gasteiger partial charge in [-0.1, -0.05) is 44.0 Å². The number of benzene rings is 2. The van der Waals surface area contributed by atoms with E-state index >= 15 is 0 Å². The maximum atomic E-state index is 13.7. The zero-order chi connectivity index (χ0) is 20.0. The van der Waals surface area contributed by atoms with E-state index in [1.54, 1.807) is 6.07 Å². The van der Waals surface area contributed by atoms with Crippen molar-refractivity contribution >= 4 is 17.5 Å². The molecule has 3 rings (SSSR count). The van der Waals surface area contributed by atoms with Crippen molar-refractivity contribution in [3.63, 3.8) is 0 Å². The lowest BCUT2D eigenvalue weighted by molar-refractivity contribution is -0.126. The Labute approximate surface area is 165 Å². The van der Waals surface area contributed by atoms with Gasteiger partial charge in [0.25, 0.3) is 0 Å². The molecule has 2 amide bonds. The fourth-order valence-electron chi connectivity index (χ4n) is 3.92. The smallest absolute Gasteiger partial charge is 0.230 e. The second-order valence-electron chi connectivity index (χ2n) is 7.48. The molecule has 4 nitrogen and oxygen atoms in total. The third-order valence-electron chi connectivity index (χ3n) is 5.44. The number of hydrogen-bond donors (Lipinski definition) is 2. The van der Waals surface area contributed by atoms with E-state index in [4.69, 9.17) is 0 Å². The molecule has 0 aliphatic heterocycles. The first-order chi connectivity index (χ1) is 13.5. The Morgan fingerprint density at radius 2 is 1.79 bits per heavy atom. The minimum Gasteiger partial charge on any atom is -0.351 e. The Morgan fingerprint density at radius 1 is 1.07 bits per heavy atom. The molecule has 0 unspecified atom stereocenters. The molecule has 0 saturated heterocycles. The lowest BCUT2D eigenvalue weighted by Crippen LogP contribution is -2.42. The van der Waals surface area contributed by atoms with Gasteiger partial charge >= 0.3 is 0 Å². The first-order valence-electron chi connectivity index (χ1n) is 9.96. The van der Waals surface area contributed by atoms with E-state index in [1.807, 2.05) is 37.3 Å². The standard InChI is InChI=1S/C23H27FN2O2/c1-2-6-21(27)26-20-11-9-17(10-12-20)16-25-22(28)23(13-3-4-14-23)18-7-5-8-19(24)15-18/h5,7-12,15H,2-4,6,13-14,16H2,1H3,(H,25,28)(H,26,27). The minimum atomic E-state index is -0.643. The first kappa shape index (κ1) is 20.1. The molecule has 0 spiro atoms. The van der Waals surface area contributed by atoms with Crippen molar-refractivity contribution in [2.45, 2.75) is 57.4 Å². The molecule has 0 bridgehead atoms. The van der Waals surface area contributed by atoms with E-state index in [0.29, 0.717) is 13.0 Å². The van der Waals surface area contributed by atoms with E-state index in [1.165, 1.54) is 12.1 Å². The maximum absolute atomic E-state index is 13.7. The van der Waals surface area contributed by atoms with E-state index in [-0.39, 0.29) is 17.6 Å². The highest BCUT2D eigenvalue weighted by molar-refractivity contribution is 5.90. The fourth-order valence-corrected chi connectivity index (χ4v) is 3.92. The average Bonchev–Trinajstić information content (AvgIpc) is 3.19. The van der Waals surface area contributed by atoms with Crippen LogP contribution in [0.3, 0.4) is 0 Å². The molecule has 2 N–H and O–H groups in total. The van der Waals surface area contributed by atoms with Crippen molar-refractivity contribution in [2.75, 3.05) is 5.32 Å². The molecule has 1 fully saturated rings. The van der Waals surface area contributed by atoms with E-state index < -0.39 is 5.41 Å². The van der Waals surface area contributed by atoms with Gasteiger partial charge in [0, 0.05) is 18.7 Å². The quantitative estimate of drug-likeness (QED) is 0.730. The summed E-state index contributed by atoms with van der Waals surface area (Å²) in [6.45, 7) is 2.37. The van der Waals surface area contributed by atoms with Gasteiger partial charge in [-0.25, -0.2) is 4.39 Å². The molecule has 0 atom stereocenters. The zero-order valence-corrected chi connectivity index (χ0v) is 16.3. The summed E-state index contributed by atoms with van der Waals surface area (Å²) in [5, 5.41) is 5.88. The molecule has 1 saturated carbocycles. The van der Waals surface area contributed by atoms with Crippen molar-refractivity contribution in [1.82, 2.24) is 5.32 Å². The second-order valence-corrected chi connectivity index (χ2v) is 7.48. The average molecular weight is 382 g/mol. The van der Waals surface area contributed by atoms with Gasteiger partial charge in [0.2, 0.25) is 11.8 Å². The fraction of sp³-hybridized carbons (Fsp3) is 0.391. The summed E-state index contributed by atoms with van der Waals surface area (Å²) in [6, 6.07) is 13.9. The Balaban J connectivity index is 1.64. The van der Waals surface area contributed by atoms with Gasteiger partial charge in [-0.2, -0.15) is 0 Å². The topological polar surface area (TPSA) is 58.2 Å². The summed E-state index contributed by atoms with van der Waals surface area (Å²) in [5.74, 6) is -0.352. The number of carbonyl (C=O) groups is 2. The molecule has 28 heavy (non-hydrogen) atoms. The Morgan fingerprint density at radius 3 is 2.43 bits per heavy atom. The molecule has 148 valence electrons. The molecule has 0 radical (unpaired) electrons. The number of hydrogen-bond acceptors (Lipinski definition) is 2. The van der Waals surface area contributed by atoms with Gasteiger partial charge in [-0.15, -0.1) is 0 Å². The predicted molar refractivity (Wildman–Crippen MR) is 108 cm³/mol. The van der Waals surface area contributed by atoms with Crippen molar-refractivity contribution in [3.05, 3.63) is 65.5 Å². The van der Waals surface area contributed by atoms with Gasteiger partial charge in [0.05, 0.1) is 5.41 Å². The van der Waals surface area contributed by atoms with Crippen LogP contribution in [0.4, 0.5) is 10.1 Å². The molecular weight excluding hydrogens is 355 g/mol. The molecule has 1 aliphatic carbocycles. The van der Waals surface area contributed by atoms with Crippen LogP contribution in [0.1, 0.15) is 56.6 Å². The summed E-state index contributed by atoms with van der Waals surface area (Å²) < 4.78 is 13.7. The van der Waals surface area contributed by atoms with Crippen LogP contribution in [-0.4, -0.2) is 11.8 Å². The number of rotatable bonds is 7. The highest BCUT2D eigenvalue weighted by Gasteiger charge is 2.42. The third-order valence-corrected chi connectivity index (χ3v) is 5.44. The van der Waals surface area contributed by atoms with Crippen LogP contribution in [0.2, 0.25) is 0 Å². The Hall–Kier alpha value is -2.69. The van der Waals surface area contributed by atoms with Crippen molar-refractivity contribution in [2.24, 2.45) is 0 Å². The van der Waals surface area contributed by atoms with Gasteiger partial charge < -0.3 is 10.6 Å². The van der Waals surface area contributed by atoms with Crippen LogP contribution >= 0.6 is 0 Å². The molecule has 0 aromatic heterocycles. The van der Waals surface area contributed by atoms with Crippen LogP contribution in [0, 0.1) is 5.82 Å². The molecule has 5 heteroatoms. The summed E-state index contributed by atoms with van der Waals surface area (Å²) in [6.07, 6.45) is 4.73. The molecule has 0 heterocycles. The van der Waals surface area contributed by atoms with Crippen LogP contribution < -0.4 is 10.6 Å². The van der Waals surface area contributed by atoms with Crippen LogP contribution in [0.25, 0.3) is 0 Å². The molecule has 2 aromatic rings. The van der Waals surface area contributed by atoms with Crippen molar-refractivity contribution in [3.8, 4) is 0 Å². The first-order valence-corrected chi connectivity index (χ1v) is 9.96. The van der Waals surface area contributed by atoms with Gasteiger partial charge in [-0.3, -0.25) is 9.59 Å². The number of carbonyl (C=O) groups excluding carboxylic acids is 2. The van der Waals surface area contributed by atoms with Gasteiger partial charge in [-0.05, 0) is 54.7 Å². The van der Waals surface area contributed by atoms with Crippen LogP contribution in [0.15, 0.2) is 48.5 Å². The minimum absolute atomic E-state index is 0.00169. The summed E-state index contributed by atoms with van der Waals surface area (Å²) in [4.78, 5) is 24.7. The summed E-state index contributed by atoms with van der Waals surface area (Å²) in [5.41, 5.74) is 1.82. The number of halogens is 1. The SMILES string of the molecule is CCCC(=O)Nc1ccc(CNC(=O)C2(c3cccc(F)c3)CCCC2)cc1.